The molecule has 0 heterocycles. The summed E-state index contributed by atoms with van der Waals surface area (Å²) in [5, 5.41) is 5.94. The monoisotopic (exact) mass is 100 g/mol. The summed E-state index contributed by atoms with van der Waals surface area (Å²) in [7, 11) is 1.92. The quantitative estimate of drug-likeness (QED) is 0.484. The molecule has 0 saturated carbocycles. The Morgan fingerprint density at radius 1 is 1.57 bits per heavy atom. The van der Waals surface area contributed by atoms with E-state index in [1.165, 1.54) is 0 Å². The van der Waals surface area contributed by atoms with Crippen molar-refractivity contribution in [2.24, 2.45) is 0 Å². The lowest BCUT2D eigenvalue weighted by molar-refractivity contribution is 0.741. The van der Waals surface area contributed by atoms with Gasteiger partial charge in [-0.1, -0.05) is 6.58 Å². The summed E-state index contributed by atoms with van der Waals surface area (Å²) in [5.74, 6) is 0. The molecule has 42 valence electrons. The largest absolute Gasteiger partial charge is 0.390 e. The van der Waals surface area contributed by atoms with Crippen molar-refractivity contribution in [2.45, 2.75) is 0 Å². The van der Waals surface area contributed by atoms with E-state index in [9.17, 15) is 0 Å². The van der Waals surface area contributed by atoms with Gasteiger partial charge in [0.1, 0.15) is 0 Å². The molecule has 0 aromatic rings. The van der Waals surface area contributed by atoms with Crippen molar-refractivity contribution >= 4 is 0 Å². The lowest BCUT2D eigenvalue weighted by atomic mass is 10.6. The highest BCUT2D eigenvalue weighted by molar-refractivity contribution is 4.62. The molecule has 0 spiro atoms. The number of nitrogens with one attached hydrogen (secondary N) is 2. The molecule has 0 amide bonds. The fraction of sp³-hybridized carbons (Fsp3) is 0.600. The van der Waals surface area contributed by atoms with E-state index in [0.29, 0.717) is 0 Å². The predicted molar refractivity (Wildman–Crippen MR) is 32.1 cm³/mol. The second kappa shape index (κ2) is 5.50. The summed E-state index contributed by atoms with van der Waals surface area (Å²) in [6.45, 7) is 5.44. The van der Waals surface area contributed by atoms with Crippen LogP contribution in [0.4, 0.5) is 0 Å². The van der Waals surface area contributed by atoms with Crippen molar-refractivity contribution in [3.05, 3.63) is 12.8 Å². The molecule has 0 saturated heterocycles. The van der Waals surface area contributed by atoms with Crippen molar-refractivity contribution < 1.29 is 0 Å². The van der Waals surface area contributed by atoms with E-state index in [1.807, 2.05) is 7.05 Å². The van der Waals surface area contributed by atoms with Crippen LogP contribution in [0.25, 0.3) is 0 Å². The molecule has 0 fully saturated rings. The van der Waals surface area contributed by atoms with Gasteiger partial charge in [0.25, 0.3) is 0 Å². The van der Waals surface area contributed by atoms with Crippen LogP contribution < -0.4 is 10.6 Å². The average molecular weight is 100 g/mol. The van der Waals surface area contributed by atoms with E-state index in [4.69, 9.17) is 0 Å². The van der Waals surface area contributed by atoms with Crippen LogP contribution in [0.2, 0.25) is 0 Å². The maximum Gasteiger partial charge on any atom is 0.0266 e. The molecule has 0 unspecified atom stereocenters. The predicted octanol–water partition coefficient (Wildman–Crippen LogP) is -0.0611. The van der Waals surface area contributed by atoms with Gasteiger partial charge in [0.05, 0.1) is 0 Å². The van der Waals surface area contributed by atoms with Crippen LogP contribution in [0.3, 0.4) is 0 Å². The summed E-state index contributed by atoms with van der Waals surface area (Å²) in [6, 6.07) is 0. The summed E-state index contributed by atoms with van der Waals surface area (Å²) in [5.41, 5.74) is 0. The molecule has 7 heavy (non-hydrogen) atoms. The second-order valence-electron chi connectivity index (χ2n) is 1.26. The fourth-order valence-electron chi connectivity index (χ4n) is 0.299. The van der Waals surface area contributed by atoms with Gasteiger partial charge in [-0.3, -0.25) is 0 Å². The van der Waals surface area contributed by atoms with E-state index in [0.717, 1.165) is 13.1 Å². The molecule has 0 bridgehead atoms. The first kappa shape index (κ1) is 6.50. The molecule has 2 nitrogen and oxygen atoms in total. The molecule has 0 atom stereocenters. The highest BCUT2D eigenvalue weighted by Gasteiger charge is 1.72. The van der Waals surface area contributed by atoms with Crippen molar-refractivity contribution in [3.8, 4) is 0 Å². The van der Waals surface area contributed by atoms with Gasteiger partial charge in [0.15, 0.2) is 0 Å². The number of likely N-dealkylation sites (N-methyl/N-ethyl adjacent to an activating group) is 1. The third-order valence-corrected chi connectivity index (χ3v) is 0.664. The number of hydrogen-bond donors (Lipinski definition) is 2. The first-order valence-electron chi connectivity index (χ1n) is 2.40. The Balaban J connectivity index is 2.56. The third kappa shape index (κ3) is 5.50. The number of hydrogen-bond acceptors (Lipinski definition) is 2. The Hall–Kier alpha value is -0.500. The zero-order valence-electron chi connectivity index (χ0n) is 4.70. The maximum atomic E-state index is 3.49. The smallest absolute Gasteiger partial charge is 0.0266 e. The van der Waals surface area contributed by atoms with E-state index < -0.39 is 0 Å². The second-order valence-corrected chi connectivity index (χ2v) is 1.26. The zero-order valence-corrected chi connectivity index (χ0v) is 4.70. The van der Waals surface area contributed by atoms with Gasteiger partial charge in [-0.2, -0.15) is 0 Å². The fourth-order valence-corrected chi connectivity index (χ4v) is 0.299. The van der Waals surface area contributed by atoms with E-state index in [-0.39, 0.29) is 0 Å². The van der Waals surface area contributed by atoms with Gasteiger partial charge in [-0.25, -0.2) is 0 Å². The zero-order chi connectivity index (χ0) is 5.54. The van der Waals surface area contributed by atoms with Crippen LogP contribution in [0.5, 0.6) is 0 Å². The SMILES string of the molecule is C=CNCCNC. The lowest BCUT2D eigenvalue weighted by Gasteiger charge is -1.95. The van der Waals surface area contributed by atoms with Gasteiger partial charge in [-0.15, -0.1) is 0 Å². The minimum absolute atomic E-state index is 0.958. The van der Waals surface area contributed by atoms with E-state index >= 15 is 0 Å². The number of rotatable bonds is 4. The molecule has 2 N–H and O–H groups in total. The minimum atomic E-state index is 0.958. The van der Waals surface area contributed by atoms with Crippen LogP contribution in [-0.2, 0) is 0 Å². The average Bonchev–Trinajstić information content (AvgIpc) is 1.69. The van der Waals surface area contributed by atoms with E-state index in [1.54, 1.807) is 6.20 Å². The van der Waals surface area contributed by atoms with Crippen LogP contribution in [-0.4, -0.2) is 20.1 Å². The van der Waals surface area contributed by atoms with Crippen LogP contribution in [0.15, 0.2) is 12.8 Å². The molecule has 0 aromatic carbocycles. The van der Waals surface area contributed by atoms with E-state index in [2.05, 4.69) is 17.2 Å². The molecule has 0 radical (unpaired) electrons. The van der Waals surface area contributed by atoms with Crippen LogP contribution in [0, 0.1) is 0 Å². The minimum Gasteiger partial charge on any atom is -0.390 e. The molecule has 0 aliphatic rings. The van der Waals surface area contributed by atoms with Gasteiger partial charge >= 0.3 is 0 Å². The molecule has 0 aromatic heterocycles. The van der Waals surface area contributed by atoms with Gasteiger partial charge in [0.2, 0.25) is 0 Å². The van der Waals surface area contributed by atoms with Crippen molar-refractivity contribution in [2.75, 3.05) is 20.1 Å². The molecule has 2 heteroatoms. The van der Waals surface area contributed by atoms with Crippen molar-refractivity contribution in [1.82, 2.24) is 10.6 Å². The summed E-state index contributed by atoms with van der Waals surface area (Å²) in [6.07, 6.45) is 1.69. The van der Waals surface area contributed by atoms with Crippen molar-refractivity contribution in [1.29, 1.82) is 0 Å². The van der Waals surface area contributed by atoms with Crippen LogP contribution >= 0.6 is 0 Å². The van der Waals surface area contributed by atoms with Crippen molar-refractivity contribution in [3.63, 3.8) is 0 Å². The Morgan fingerprint density at radius 3 is 2.71 bits per heavy atom. The highest BCUT2D eigenvalue weighted by Crippen LogP contribution is 1.52. The molecular formula is C5H12N2. The first-order chi connectivity index (χ1) is 3.41. The molecule has 0 aliphatic heterocycles. The van der Waals surface area contributed by atoms with Gasteiger partial charge in [0, 0.05) is 13.1 Å². The van der Waals surface area contributed by atoms with Gasteiger partial charge in [-0.05, 0) is 13.2 Å². The standard InChI is InChI=1S/C5H12N2/c1-3-7-5-4-6-2/h3,6-7H,1,4-5H2,2H3. The maximum absolute atomic E-state index is 3.49. The van der Waals surface area contributed by atoms with Gasteiger partial charge < -0.3 is 10.6 Å². The first-order valence-corrected chi connectivity index (χ1v) is 2.40. The Labute approximate surface area is 44.6 Å². The lowest BCUT2D eigenvalue weighted by Crippen LogP contribution is -2.20. The Morgan fingerprint density at radius 2 is 2.29 bits per heavy atom. The Bertz CT molecular complexity index is 43.3. The Kier molecular flexibility index (Phi) is 5.11. The third-order valence-electron chi connectivity index (χ3n) is 0.664. The summed E-state index contributed by atoms with van der Waals surface area (Å²) >= 11 is 0. The molecule has 0 aliphatic carbocycles. The normalized spacial score (nSPS) is 8.14. The summed E-state index contributed by atoms with van der Waals surface area (Å²) in [4.78, 5) is 0. The van der Waals surface area contributed by atoms with Crippen LogP contribution in [0.1, 0.15) is 0 Å². The summed E-state index contributed by atoms with van der Waals surface area (Å²) < 4.78 is 0. The topological polar surface area (TPSA) is 24.1 Å². The highest BCUT2D eigenvalue weighted by atomic mass is 14.9. The molecular weight excluding hydrogens is 88.1 g/mol. The molecule has 0 rings (SSSR count).